The summed E-state index contributed by atoms with van der Waals surface area (Å²) in [6.45, 7) is 0.141. The highest BCUT2D eigenvalue weighted by Gasteiger charge is 2.45. The second-order valence-electron chi connectivity index (χ2n) is 5.99. The standard InChI is InChI=1S/C20H18BrNO4/c21-15-9-7-13(8-10-15)17-16(18(24)14-5-2-1-3-6-14)19(25)20(26)22(17)11-4-12-23/h1-3,5-10,17,23-24H,4,11-12H2/t17-/m1/s1. The van der Waals surface area contributed by atoms with Crippen molar-refractivity contribution in [1.29, 1.82) is 0 Å². The van der Waals surface area contributed by atoms with E-state index >= 15 is 0 Å². The number of rotatable bonds is 5. The van der Waals surface area contributed by atoms with Crippen LogP contribution in [0.5, 0.6) is 0 Å². The van der Waals surface area contributed by atoms with Crippen LogP contribution < -0.4 is 0 Å². The number of carbonyl (C=O) groups excluding carboxylic acids is 2. The van der Waals surface area contributed by atoms with Gasteiger partial charge in [-0.15, -0.1) is 0 Å². The van der Waals surface area contributed by atoms with Gasteiger partial charge in [-0.2, -0.15) is 0 Å². The summed E-state index contributed by atoms with van der Waals surface area (Å²) < 4.78 is 0.872. The molecule has 1 amide bonds. The van der Waals surface area contributed by atoms with E-state index in [0.717, 1.165) is 10.0 Å². The average molecular weight is 416 g/mol. The van der Waals surface area contributed by atoms with E-state index in [1.807, 2.05) is 30.3 Å². The predicted molar refractivity (Wildman–Crippen MR) is 101 cm³/mol. The number of Topliss-reactive ketones (excluding diaryl/α,β-unsaturated/α-hetero) is 1. The SMILES string of the molecule is O=C1C(=O)N(CCCO)[C@H](c2ccc(Br)cc2)C1=C(O)c1ccccc1. The Bertz CT molecular complexity index is 846. The van der Waals surface area contributed by atoms with Crippen molar-refractivity contribution in [3.63, 3.8) is 0 Å². The third-order valence-corrected chi connectivity index (χ3v) is 4.86. The summed E-state index contributed by atoms with van der Waals surface area (Å²) in [5.41, 5.74) is 1.28. The van der Waals surface area contributed by atoms with Crippen LogP contribution >= 0.6 is 15.9 Å². The van der Waals surface area contributed by atoms with Crippen LogP contribution in [0.1, 0.15) is 23.6 Å². The Morgan fingerprint density at radius 3 is 2.31 bits per heavy atom. The molecule has 3 rings (SSSR count). The van der Waals surface area contributed by atoms with E-state index in [9.17, 15) is 14.7 Å². The molecule has 2 aromatic rings. The Labute approximate surface area is 159 Å². The normalized spacial score (nSPS) is 19.2. The van der Waals surface area contributed by atoms with Crippen LogP contribution in [-0.2, 0) is 9.59 Å². The number of benzene rings is 2. The van der Waals surface area contributed by atoms with Gasteiger partial charge in [-0.1, -0.05) is 58.4 Å². The van der Waals surface area contributed by atoms with Crippen molar-refractivity contribution in [2.45, 2.75) is 12.5 Å². The highest BCUT2D eigenvalue weighted by molar-refractivity contribution is 9.10. The highest BCUT2D eigenvalue weighted by atomic mass is 79.9. The minimum absolute atomic E-state index is 0.0708. The second kappa shape index (κ2) is 7.85. The van der Waals surface area contributed by atoms with E-state index in [4.69, 9.17) is 5.11 Å². The smallest absolute Gasteiger partial charge is 0.295 e. The number of hydrogen-bond acceptors (Lipinski definition) is 4. The molecule has 1 aliphatic rings. The maximum atomic E-state index is 12.7. The molecule has 0 unspecified atom stereocenters. The molecule has 0 aromatic heterocycles. The van der Waals surface area contributed by atoms with Crippen LogP contribution in [0.3, 0.4) is 0 Å². The lowest BCUT2D eigenvalue weighted by molar-refractivity contribution is -0.140. The number of hydrogen-bond donors (Lipinski definition) is 2. The Kier molecular flexibility index (Phi) is 5.54. The van der Waals surface area contributed by atoms with Crippen LogP contribution in [0, 0.1) is 0 Å². The quantitative estimate of drug-likeness (QED) is 0.446. The van der Waals surface area contributed by atoms with Crippen molar-refractivity contribution in [2.24, 2.45) is 0 Å². The monoisotopic (exact) mass is 415 g/mol. The molecule has 1 aliphatic heterocycles. The fourth-order valence-electron chi connectivity index (χ4n) is 3.09. The van der Waals surface area contributed by atoms with Crippen molar-refractivity contribution in [3.05, 3.63) is 75.8 Å². The fourth-order valence-corrected chi connectivity index (χ4v) is 3.36. The Hall–Kier alpha value is -2.44. The van der Waals surface area contributed by atoms with Crippen LogP contribution in [0.4, 0.5) is 0 Å². The Morgan fingerprint density at radius 2 is 1.69 bits per heavy atom. The average Bonchev–Trinajstić information content (AvgIpc) is 2.91. The Morgan fingerprint density at radius 1 is 1.04 bits per heavy atom. The fraction of sp³-hybridized carbons (Fsp3) is 0.200. The number of likely N-dealkylation sites (tertiary alicyclic amines) is 1. The number of carbonyl (C=O) groups is 2. The molecule has 0 saturated carbocycles. The lowest BCUT2D eigenvalue weighted by Crippen LogP contribution is -2.31. The minimum atomic E-state index is -0.711. The third-order valence-electron chi connectivity index (χ3n) is 4.33. The number of amides is 1. The molecule has 2 aromatic carbocycles. The zero-order valence-corrected chi connectivity index (χ0v) is 15.5. The summed E-state index contributed by atoms with van der Waals surface area (Å²) in [4.78, 5) is 26.6. The van der Waals surface area contributed by atoms with Crippen molar-refractivity contribution in [2.75, 3.05) is 13.2 Å². The Balaban J connectivity index is 2.15. The molecule has 1 heterocycles. The van der Waals surface area contributed by atoms with Gasteiger partial charge in [-0.05, 0) is 24.1 Å². The summed E-state index contributed by atoms with van der Waals surface area (Å²) >= 11 is 3.37. The molecule has 26 heavy (non-hydrogen) atoms. The molecule has 1 fully saturated rings. The molecule has 1 saturated heterocycles. The van der Waals surface area contributed by atoms with Crippen LogP contribution in [0.2, 0.25) is 0 Å². The first-order valence-electron chi connectivity index (χ1n) is 8.24. The van der Waals surface area contributed by atoms with Crippen LogP contribution in [0.25, 0.3) is 5.76 Å². The van der Waals surface area contributed by atoms with Crippen LogP contribution in [-0.4, -0.2) is 40.0 Å². The molecular formula is C20H18BrNO4. The second-order valence-corrected chi connectivity index (χ2v) is 6.90. The zero-order chi connectivity index (χ0) is 18.7. The molecule has 0 aliphatic carbocycles. The number of halogens is 1. The number of aliphatic hydroxyl groups excluding tert-OH is 2. The summed E-state index contributed by atoms with van der Waals surface area (Å²) in [7, 11) is 0. The minimum Gasteiger partial charge on any atom is -0.507 e. The predicted octanol–water partition coefficient (Wildman–Crippen LogP) is 3.25. The van der Waals surface area contributed by atoms with E-state index in [2.05, 4.69) is 15.9 Å². The first kappa shape index (κ1) is 18.4. The van der Waals surface area contributed by atoms with Gasteiger partial charge in [0.2, 0.25) is 0 Å². The largest absolute Gasteiger partial charge is 0.507 e. The van der Waals surface area contributed by atoms with Gasteiger partial charge < -0.3 is 15.1 Å². The lowest BCUT2D eigenvalue weighted by atomic mass is 9.95. The summed E-state index contributed by atoms with van der Waals surface area (Å²) in [5, 5.41) is 19.9. The molecule has 134 valence electrons. The number of ketones is 1. The van der Waals surface area contributed by atoms with Crippen molar-refractivity contribution in [1.82, 2.24) is 4.90 Å². The summed E-state index contributed by atoms with van der Waals surface area (Å²) in [6.07, 6.45) is 0.353. The molecule has 1 atom stereocenters. The molecule has 0 bridgehead atoms. The van der Waals surface area contributed by atoms with E-state index in [1.165, 1.54) is 4.90 Å². The summed E-state index contributed by atoms with van der Waals surface area (Å²) in [6, 6.07) is 15.3. The van der Waals surface area contributed by atoms with Gasteiger partial charge in [0.1, 0.15) is 5.76 Å². The van der Waals surface area contributed by atoms with Gasteiger partial charge in [0.05, 0.1) is 11.6 Å². The molecule has 6 heteroatoms. The lowest BCUT2D eigenvalue weighted by Gasteiger charge is -2.25. The van der Waals surface area contributed by atoms with Gasteiger partial charge >= 0.3 is 0 Å². The van der Waals surface area contributed by atoms with Crippen molar-refractivity contribution < 1.29 is 19.8 Å². The van der Waals surface area contributed by atoms with Gasteiger partial charge in [0, 0.05) is 23.2 Å². The van der Waals surface area contributed by atoms with Crippen molar-refractivity contribution in [3.8, 4) is 0 Å². The molecule has 0 radical (unpaired) electrons. The van der Waals surface area contributed by atoms with E-state index in [1.54, 1.807) is 24.3 Å². The van der Waals surface area contributed by atoms with Crippen molar-refractivity contribution >= 4 is 33.4 Å². The first-order chi connectivity index (χ1) is 12.5. The van der Waals surface area contributed by atoms with E-state index < -0.39 is 17.7 Å². The number of aliphatic hydroxyl groups is 2. The first-order valence-corrected chi connectivity index (χ1v) is 9.04. The van der Waals surface area contributed by atoms with E-state index in [0.29, 0.717) is 12.0 Å². The summed E-state index contributed by atoms with van der Waals surface area (Å²) in [5.74, 6) is -1.57. The number of nitrogens with zero attached hydrogens (tertiary/aromatic N) is 1. The van der Waals surface area contributed by atoms with E-state index in [-0.39, 0.29) is 24.5 Å². The maximum Gasteiger partial charge on any atom is 0.295 e. The van der Waals surface area contributed by atoms with Gasteiger partial charge in [0.15, 0.2) is 0 Å². The highest BCUT2D eigenvalue weighted by Crippen LogP contribution is 2.39. The third kappa shape index (κ3) is 3.43. The molecule has 2 N–H and O–H groups in total. The van der Waals surface area contributed by atoms with Gasteiger partial charge in [-0.25, -0.2) is 0 Å². The van der Waals surface area contributed by atoms with Gasteiger partial charge in [0.25, 0.3) is 11.7 Å². The zero-order valence-electron chi connectivity index (χ0n) is 13.9. The maximum absolute atomic E-state index is 12.7. The van der Waals surface area contributed by atoms with Gasteiger partial charge in [-0.3, -0.25) is 9.59 Å². The molecule has 0 spiro atoms. The topological polar surface area (TPSA) is 77.8 Å². The molecule has 5 nitrogen and oxygen atoms in total. The molecular weight excluding hydrogens is 398 g/mol. The van der Waals surface area contributed by atoms with Crippen LogP contribution in [0.15, 0.2) is 64.6 Å².